The Labute approximate surface area is 127 Å². The molecule has 2 rings (SSSR count). The summed E-state index contributed by atoms with van der Waals surface area (Å²) >= 11 is 5.78. The van der Waals surface area contributed by atoms with Gasteiger partial charge in [-0.15, -0.1) is 12.4 Å². The predicted molar refractivity (Wildman–Crippen MR) is 76.4 cm³/mol. The van der Waals surface area contributed by atoms with E-state index >= 15 is 0 Å². The molecule has 0 saturated carbocycles. The zero-order valence-corrected chi connectivity index (χ0v) is 12.6. The Morgan fingerprint density at radius 1 is 1.35 bits per heavy atom. The maximum absolute atomic E-state index is 12.7. The van der Waals surface area contributed by atoms with Crippen molar-refractivity contribution in [3.63, 3.8) is 0 Å². The minimum atomic E-state index is -4.35. The van der Waals surface area contributed by atoms with Gasteiger partial charge in [0.2, 0.25) is 0 Å². The van der Waals surface area contributed by atoms with Gasteiger partial charge in [-0.05, 0) is 30.7 Å². The highest BCUT2D eigenvalue weighted by atomic mass is 35.5. The lowest BCUT2D eigenvalue weighted by Crippen LogP contribution is -2.49. The summed E-state index contributed by atoms with van der Waals surface area (Å²) in [5.41, 5.74) is -0.0774. The normalized spacial score (nSPS) is 20.6. The third-order valence-corrected chi connectivity index (χ3v) is 3.53. The number of rotatable bonds is 2. The highest BCUT2D eigenvalue weighted by molar-refractivity contribution is 6.30. The summed E-state index contributed by atoms with van der Waals surface area (Å²) in [5, 5.41) is 3.38. The van der Waals surface area contributed by atoms with Gasteiger partial charge in [0.1, 0.15) is 0 Å². The zero-order chi connectivity index (χ0) is 14.0. The minimum absolute atomic E-state index is 0. The van der Waals surface area contributed by atoms with Crippen molar-refractivity contribution in [2.75, 3.05) is 19.6 Å². The van der Waals surface area contributed by atoms with Crippen LogP contribution in [0.2, 0.25) is 5.02 Å². The Bertz CT molecular complexity index is 452. The number of benzene rings is 1. The fourth-order valence-corrected chi connectivity index (χ4v) is 2.52. The van der Waals surface area contributed by atoms with Crippen molar-refractivity contribution in [1.29, 1.82) is 0 Å². The van der Waals surface area contributed by atoms with E-state index < -0.39 is 11.7 Å². The molecular weight excluding hydrogens is 312 g/mol. The number of hydrogen-bond donors (Lipinski definition) is 1. The van der Waals surface area contributed by atoms with Gasteiger partial charge in [-0.2, -0.15) is 13.2 Å². The average molecular weight is 329 g/mol. The van der Waals surface area contributed by atoms with Crippen LogP contribution in [0.4, 0.5) is 13.2 Å². The van der Waals surface area contributed by atoms with Crippen LogP contribution in [-0.4, -0.2) is 30.6 Å². The smallest absolute Gasteiger partial charge is 0.314 e. The lowest BCUT2D eigenvalue weighted by Gasteiger charge is -2.34. The lowest BCUT2D eigenvalue weighted by molar-refractivity contribution is -0.137. The van der Waals surface area contributed by atoms with Gasteiger partial charge in [0.25, 0.3) is 0 Å². The summed E-state index contributed by atoms with van der Waals surface area (Å²) in [5.74, 6) is 0. The molecule has 1 fully saturated rings. The van der Waals surface area contributed by atoms with Crippen LogP contribution in [0, 0.1) is 0 Å². The van der Waals surface area contributed by atoms with Crippen molar-refractivity contribution < 1.29 is 13.2 Å². The maximum atomic E-state index is 12.7. The topological polar surface area (TPSA) is 15.3 Å². The van der Waals surface area contributed by atoms with E-state index in [0.717, 1.165) is 25.7 Å². The molecule has 0 spiro atoms. The molecule has 1 atom stereocenters. The van der Waals surface area contributed by atoms with Crippen LogP contribution in [0.15, 0.2) is 18.2 Å². The molecule has 2 nitrogen and oxygen atoms in total. The Morgan fingerprint density at radius 3 is 2.65 bits per heavy atom. The lowest BCUT2D eigenvalue weighted by atomic mass is 10.1. The summed E-state index contributed by atoms with van der Waals surface area (Å²) in [4.78, 5) is 2.16. The molecule has 1 heterocycles. The number of halogens is 5. The van der Waals surface area contributed by atoms with Gasteiger partial charge in [0.15, 0.2) is 0 Å². The monoisotopic (exact) mass is 328 g/mol. The number of alkyl halides is 3. The first kappa shape index (κ1) is 17.6. The molecule has 0 aromatic heterocycles. The standard InChI is InChI=1S/C13H16ClF3N2.ClH/c1-9-7-18-2-3-19(9)8-10-4-11(13(15,16)17)6-12(14)5-10;/h4-6,9,18H,2-3,7-8H2,1H3;1H/t9-;/m0./s1. The van der Waals surface area contributed by atoms with Crippen molar-refractivity contribution in [2.45, 2.75) is 25.7 Å². The molecule has 7 heteroatoms. The molecule has 1 aromatic carbocycles. The molecule has 0 radical (unpaired) electrons. The molecule has 1 N–H and O–H groups in total. The molecule has 114 valence electrons. The van der Waals surface area contributed by atoms with Gasteiger partial charge in [0, 0.05) is 37.2 Å². The van der Waals surface area contributed by atoms with Crippen LogP contribution in [0.5, 0.6) is 0 Å². The van der Waals surface area contributed by atoms with E-state index in [-0.39, 0.29) is 17.4 Å². The van der Waals surface area contributed by atoms with E-state index in [2.05, 4.69) is 17.1 Å². The number of nitrogens with one attached hydrogen (secondary N) is 1. The molecule has 1 aromatic rings. The van der Waals surface area contributed by atoms with Gasteiger partial charge < -0.3 is 5.32 Å². The minimum Gasteiger partial charge on any atom is -0.314 e. The summed E-state index contributed by atoms with van der Waals surface area (Å²) < 4.78 is 38.2. The molecule has 0 bridgehead atoms. The van der Waals surface area contributed by atoms with E-state index in [4.69, 9.17) is 11.6 Å². The molecule has 0 amide bonds. The van der Waals surface area contributed by atoms with Crippen molar-refractivity contribution in [3.8, 4) is 0 Å². The molecule has 1 saturated heterocycles. The fourth-order valence-electron chi connectivity index (χ4n) is 2.26. The van der Waals surface area contributed by atoms with Crippen LogP contribution < -0.4 is 5.32 Å². The van der Waals surface area contributed by atoms with Crippen LogP contribution in [-0.2, 0) is 12.7 Å². The van der Waals surface area contributed by atoms with Crippen LogP contribution in [0.3, 0.4) is 0 Å². The van der Waals surface area contributed by atoms with Gasteiger partial charge in [-0.3, -0.25) is 4.90 Å². The maximum Gasteiger partial charge on any atom is 0.416 e. The van der Waals surface area contributed by atoms with Gasteiger partial charge in [0.05, 0.1) is 5.56 Å². The molecule has 1 aliphatic rings. The van der Waals surface area contributed by atoms with E-state index in [1.807, 2.05) is 0 Å². The van der Waals surface area contributed by atoms with Gasteiger partial charge in [-0.1, -0.05) is 11.6 Å². The van der Waals surface area contributed by atoms with Crippen molar-refractivity contribution in [3.05, 3.63) is 34.3 Å². The summed E-state index contributed by atoms with van der Waals surface area (Å²) in [7, 11) is 0. The average Bonchev–Trinajstić information content (AvgIpc) is 2.30. The molecule has 1 aliphatic heterocycles. The largest absolute Gasteiger partial charge is 0.416 e. The van der Waals surface area contributed by atoms with Gasteiger partial charge >= 0.3 is 6.18 Å². The first-order chi connectivity index (χ1) is 8.86. The summed E-state index contributed by atoms with van der Waals surface area (Å²) in [6.07, 6.45) is -4.35. The number of piperazine rings is 1. The van der Waals surface area contributed by atoms with Crippen LogP contribution in [0.25, 0.3) is 0 Å². The molecule has 20 heavy (non-hydrogen) atoms. The fraction of sp³-hybridized carbons (Fsp3) is 0.538. The Hall–Kier alpha value is -0.490. The summed E-state index contributed by atoms with van der Waals surface area (Å²) in [6.45, 7) is 5.09. The van der Waals surface area contributed by atoms with Crippen LogP contribution >= 0.6 is 24.0 Å². The van der Waals surface area contributed by atoms with Crippen molar-refractivity contribution in [1.82, 2.24) is 10.2 Å². The second-order valence-corrected chi connectivity index (χ2v) is 5.31. The molecular formula is C13H17Cl2F3N2. The van der Waals surface area contributed by atoms with Crippen molar-refractivity contribution >= 4 is 24.0 Å². The Balaban J connectivity index is 0.00000200. The predicted octanol–water partition coefficient (Wildman–Crippen LogP) is 3.57. The third kappa shape index (κ3) is 4.52. The Morgan fingerprint density at radius 2 is 2.05 bits per heavy atom. The van der Waals surface area contributed by atoms with E-state index in [1.54, 1.807) is 6.07 Å². The van der Waals surface area contributed by atoms with E-state index in [0.29, 0.717) is 18.2 Å². The third-order valence-electron chi connectivity index (χ3n) is 3.31. The first-order valence-corrected chi connectivity index (χ1v) is 6.55. The first-order valence-electron chi connectivity index (χ1n) is 6.17. The zero-order valence-electron chi connectivity index (χ0n) is 11.0. The van der Waals surface area contributed by atoms with Crippen LogP contribution in [0.1, 0.15) is 18.1 Å². The highest BCUT2D eigenvalue weighted by Crippen LogP contribution is 2.32. The van der Waals surface area contributed by atoms with E-state index in [9.17, 15) is 13.2 Å². The van der Waals surface area contributed by atoms with Crippen molar-refractivity contribution in [2.24, 2.45) is 0 Å². The molecule has 0 unspecified atom stereocenters. The summed E-state index contributed by atoms with van der Waals surface area (Å²) in [6, 6.07) is 4.06. The Kier molecular flexibility index (Phi) is 6.13. The number of hydrogen-bond acceptors (Lipinski definition) is 2. The quantitative estimate of drug-likeness (QED) is 0.892. The van der Waals surface area contributed by atoms with E-state index in [1.165, 1.54) is 6.07 Å². The second-order valence-electron chi connectivity index (χ2n) is 4.87. The highest BCUT2D eigenvalue weighted by Gasteiger charge is 2.31. The van der Waals surface area contributed by atoms with Gasteiger partial charge in [-0.25, -0.2) is 0 Å². The SMILES string of the molecule is C[C@H]1CNCCN1Cc1cc(Cl)cc(C(F)(F)F)c1.Cl. The molecule has 0 aliphatic carbocycles. The number of nitrogens with zero attached hydrogens (tertiary/aromatic N) is 1. The second kappa shape index (κ2) is 6.98.